The van der Waals surface area contributed by atoms with Gasteiger partial charge in [0.05, 0.1) is 13.0 Å². The molecule has 0 spiro atoms. The van der Waals surface area contributed by atoms with Crippen molar-refractivity contribution in [2.75, 3.05) is 20.2 Å². The van der Waals surface area contributed by atoms with Crippen molar-refractivity contribution in [3.05, 3.63) is 29.8 Å². The fourth-order valence-corrected chi connectivity index (χ4v) is 1.92. The van der Waals surface area contributed by atoms with Crippen molar-refractivity contribution in [1.29, 1.82) is 0 Å². The van der Waals surface area contributed by atoms with Gasteiger partial charge in [0.2, 0.25) is 0 Å². The first-order valence-electron chi connectivity index (χ1n) is 8.04. The molecule has 4 nitrogen and oxygen atoms in total. The summed E-state index contributed by atoms with van der Waals surface area (Å²) in [5.41, 5.74) is 0.931. The molecule has 0 aliphatic carbocycles. The monoisotopic (exact) mass is 345 g/mol. The molecule has 1 aromatic rings. The fourth-order valence-electron chi connectivity index (χ4n) is 1.92. The maximum Gasteiger partial charge on any atom is 0.390 e. The normalized spacial score (nSPS) is 12.4. The van der Waals surface area contributed by atoms with Crippen molar-refractivity contribution >= 4 is 5.96 Å². The highest BCUT2D eigenvalue weighted by Crippen LogP contribution is 2.19. The van der Waals surface area contributed by atoms with Crippen LogP contribution in [0.2, 0.25) is 0 Å². The zero-order valence-corrected chi connectivity index (χ0v) is 14.4. The standard InChI is InChI=1S/C17H26F3N3O/c1-13(2)8-11-24-15-7-5-4-6-14(15)12-23-16(21-3)22-10-9-17(18,19)20/h4-7,13H,8-12H2,1-3H3,(H2,21,22,23). The Morgan fingerprint density at radius 3 is 2.54 bits per heavy atom. The minimum Gasteiger partial charge on any atom is -0.493 e. The van der Waals surface area contributed by atoms with Crippen LogP contribution in [-0.4, -0.2) is 32.3 Å². The largest absolute Gasteiger partial charge is 0.493 e. The highest BCUT2D eigenvalue weighted by Gasteiger charge is 2.26. The second-order valence-electron chi connectivity index (χ2n) is 5.86. The lowest BCUT2D eigenvalue weighted by atomic mass is 10.1. The first-order chi connectivity index (χ1) is 11.3. The van der Waals surface area contributed by atoms with Gasteiger partial charge in [-0.25, -0.2) is 0 Å². The van der Waals surface area contributed by atoms with Crippen LogP contribution < -0.4 is 15.4 Å². The van der Waals surface area contributed by atoms with Gasteiger partial charge in [-0.2, -0.15) is 13.2 Å². The van der Waals surface area contributed by atoms with Gasteiger partial charge in [-0.1, -0.05) is 32.0 Å². The maximum absolute atomic E-state index is 12.2. The molecule has 0 heterocycles. The van der Waals surface area contributed by atoms with Crippen LogP contribution >= 0.6 is 0 Å². The fraction of sp³-hybridized carbons (Fsp3) is 0.588. The molecule has 0 aliphatic rings. The SMILES string of the molecule is CN=C(NCCC(F)(F)F)NCc1ccccc1OCCC(C)C. The molecule has 0 unspecified atom stereocenters. The molecule has 0 radical (unpaired) electrons. The molecule has 1 rings (SSSR count). The summed E-state index contributed by atoms with van der Waals surface area (Å²) < 4.78 is 42.3. The summed E-state index contributed by atoms with van der Waals surface area (Å²) in [5.74, 6) is 1.67. The lowest BCUT2D eigenvalue weighted by Crippen LogP contribution is -2.38. The summed E-state index contributed by atoms with van der Waals surface area (Å²) in [6.45, 7) is 5.10. The lowest BCUT2D eigenvalue weighted by molar-refractivity contribution is -0.132. The van der Waals surface area contributed by atoms with E-state index in [1.54, 1.807) is 0 Å². The van der Waals surface area contributed by atoms with Crippen LogP contribution in [-0.2, 0) is 6.54 Å². The molecule has 0 bridgehead atoms. The number of rotatable bonds is 8. The van der Waals surface area contributed by atoms with Crippen LogP contribution in [0.25, 0.3) is 0 Å². The summed E-state index contributed by atoms with van der Waals surface area (Å²) in [6.07, 6.45) is -4.12. The van der Waals surface area contributed by atoms with Crippen LogP contribution in [0.3, 0.4) is 0 Å². The predicted molar refractivity (Wildman–Crippen MR) is 90.3 cm³/mol. The summed E-state index contributed by atoms with van der Waals surface area (Å²) >= 11 is 0. The number of alkyl halides is 3. The number of aliphatic imine (C=N–C) groups is 1. The van der Waals surface area contributed by atoms with Gasteiger partial charge in [0.1, 0.15) is 5.75 Å². The number of hydrogen-bond acceptors (Lipinski definition) is 2. The Balaban J connectivity index is 2.50. The van der Waals surface area contributed by atoms with E-state index in [4.69, 9.17) is 4.74 Å². The Hall–Kier alpha value is -1.92. The highest BCUT2D eigenvalue weighted by atomic mass is 19.4. The van der Waals surface area contributed by atoms with E-state index in [1.807, 2.05) is 24.3 Å². The summed E-state index contributed by atoms with van der Waals surface area (Å²) in [4.78, 5) is 3.92. The Morgan fingerprint density at radius 1 is 1.21 bits per heavy atom. The Kier molecular flexibility index (Phi) is 8.43. The van der Waals surface area contributed by atoms with Crippen LogP contribution in [0.1, 0.15) is 32.3 Å². The number of nitrogens with zero attached hydrogens (tertiary/aromatic N) is 1. The van der Waals surface area contributed by atoms with Crippen molar-refractivity contribution in [1.82, 2.24) is 10.6 Å². The zero-order chi connectivity index (χ0) is 18.0. The first-order valence-corrected chi connectivity index (χ1v) is 8.04. The molecule has 1 aromatic carbocycles. The molecule has 0 atom stereocenters. The molecule has 0 aliphatic heterocycles. The predicted octanol–water partition coefficient (Wildman–Crippen LogP) is 3.73. The Morgan fingerprint density at radius 2 is 1.92 bits per heavy atom. The number of benzene rings is 1. The van der Waals surface area contributed by atoms with E-state index in [9.17, 15) is 13.2 Å². The van der Waals surface area contributed by atoms with Gasteiger partial charge in [0.25, 0.3) is 0 Å². The number of para-hydroxylation sites is 1. The summed E-state index contributed by atoms with van der Waals surface area (Å²) in [6, 6.07) is 7.59. The summed E-state index contributed by atoms with van der Waals surface area (Å²) in [7, 11) is 1.52. The third-order valence-electron chi connectivity index (χ3n) is 3.30. The second-order valence-corrected chi connectivity index (χ2v) is 5.86. The first kappa shape index (κ1) is 20.1. The van der Waals surface area contributed by atoms with Crippen molar-refractivity contribution in [2.24, 2.45) is 10.9 Å². The van der Waals surface area contributed by atoms with Gasteiger partial charge in [-0.05, 0) is 18.4 Å². The Bertz CT molecular complexity index is 516. The number of hydrogen-bond donors (Lipinski definition) is 2. The van der Waals surface area contributed by atoms with Crippen LogP contribution in [0.4, 0.5) is 13.2 Å². The van der Waals surface area contributed by atoms with Crippen LogP contribution in [0, 0.1) is 5.92 Å². The van der Waals surface area contributed by atoms with Crippen molar-refractivity contribution in [3.8, 4) is 5.75 Å². The summed E-state index contributed by atoms with van der Waals surface area (Å²) in [5, 5.41) is 5.65. The van der Waals surface area contributed by atoms with E-state index in [0.717, 1.165) is 17.7 Å². The molecule has 0 saturated carbocycles. The van der Waals surface area contributed by atoms with Crippen LogP contribution in [0.15, 0.2) is 29.3 Å². The van der Waals surface area contributed by atoms with Gasteiger partial charge in [0, 0.05) is 25.7 Å². The van der Waals surface area contributed by atoms with Crippen LogP contribution in [0.5, 0.6) is 5.75 Å². The number of nitrogens with one attached hydrogen (secondary N) is 2. The van der Waals surface area contributed by atoms with E-state index in [-0.39, 0.29) is 6.54 Å². The molecule has 24 heavy (non-hydrogen) atoms. The topological polar surface area (TPSA) is 45.7 Å². The maximum atomic E-state index is 12.2. The number of guanidine groups is 1. The average molecular weight is 345 g/mol. The minimum absolute atomic E-state index is 0.213. The highest BCUT2D eigenvalue weighted by molar-refractivity contribution is 5.79. The van der Waals surface area contributed by atoms with E-state index >= 15 is 0 Å². The molecule has 0 amide bonds. The molecule has 0 aromatic heterocycles. The van der Waals surface area contributed by atoms with Gasteiger partial charge in [-0.15, -0.1) is 0 Å². The van der Waals surface area contributed by atoms with E-state index in [0.29, 0.717) is 25.0 Å². The number of ether oxygens (including phenoxy) is 1. The average Bonchev–Trinajstić information content (AvgIpc) is 2.50. The van der Waals surface area contributed by atoms with Gasteiger partial charge in [0.15, 0.2) is 5.96 Å². The molecule has 0 fully saturated rings. The molecule has 0 saturated heterocycles. The quantitative estimate of drug-likeness (QED) is 0.557. The second kappa shape index (κ2) is 10.1. The van der Waals surface area contributed by atoms with Gasteiger partial charge < -0.3 is 15.4 Å². The third-order valence-corrected chi connectivity index (χ3v) is 3.30. The van der Waals surface area contributed by atoms with Crippen molar-refractivity contribution < 1.29 is 17.9 Å². The molecular weight excluding hydrogens is 319 g/mol. The smallest absolute Gasteiger partial charge is 0.390 e. The zero-order valence-electron chi connectivity index (χ0n) is 14.4. The Labute approximate surface area is 141 Å². The van der Waals surface area contributed by atoms with Crippen molar-refractivity contribution in [2.45, 2.75) is 39.4 Å². The van der Waals surface area contributed by atoms with E-state index in [2.05, 4.69) is 29.5 Å². The minimum atomic E-state index is -4.18. The molecule has 136 valence electrons. The van der Waals surface area contributed by atoms with Gasteiger partial charge >= 0.3 is 6.18 Å². The van der Waals surface area contributed by atoms with Gasteiger partial charge in [-0.3, -0.25) is 4.99 Å². The molecular formula is C17H26F3N3O. The molecule has 7 heteroatoms. The third kappa shape index (κ3) is 8.64. The van der Waals surface area contributed by atoms with E-state index < -0.39 is 12.6 Å². The van der Waals surface area contributed by atoms with Crippen molar-refractivity contribution in [3.63, 3.8) is 0 Å². The number of halogens is 3. The molecule has 2 N–H and O–H groups in total. The van der Waals surface area contributed by atoms with E-state index in [1.165, 1.54) is 7.05 Å². The lowest BCUT2D eigenvalue weighted by Gasteiger charge is -2.15.